The first-order valence-corrected chi connectivity index (χ1v) is 10.1. The zero-order valence-electron chi connectivity index (χ0n) is 16.1. The van der Waals surface area contributed by atoms with E-state index in [1.807, 2.05) is 24.3 Å². The molecule has 7 heteroatoms. The van der Waals surface area contributed by atoms with Crippen LogP contribution in [0.2, 0.25) is 10.0 Å². The highest BCUT2D eigenvalue weighted by Gasteiger charge is 2.37. The van der Waals surface area contributed by atoms with Crippen LogP contribution in [0, 0.1) is 0 Å². The number of aromatic nitrogens is 1. The number of nitrogens with zero attached hydrogens (tertiary/aromatic N) is 2. The molecule has 1 aliphatic heterocycles. The van der Waals surface area contributed by atoms with Gasteiger partial charge in [-0.05, 0) is 68.8 Å². The average molecular weight is 431 g/mol. The third kappa shape index (κ3) is 4.11. The molecule has 0 saturated heterocycles. The summed E-state index contributed by atoms with van der Waals surface area (Å²) < 4.78 is 11.5. The van der Waals surface area contributed by atoms with E-state index in [9.17, 15) is 4.79 Å². The summed E-state index contributed by atoms with van der Waals surface area (Å²) in [5.74, 6) is 1.23. The molecule has 29 heavy (non-hydrogen) atoms. The van der Waals surface area contributed by atoms with E-state index in [2.05, 4.69) is 5.16 Å². The van der Waals surface area contributed by atoms with Crippen molar-refractivity contribution in [1.29, 1.82) is 0 Å². The van der Waals surface area contributed by atoms with Crippen molar-refractivity contribution >= 4 is 29.1 Å². The summed E-state index contributed by atoms with van der Waals surface area (Å²) in [6, 6.07) is 14.4. The summed E-state index contributed by atoms with van der Waals surface area (Å²) in [6.45, 7) is 4.49. The van der Waals surface area contributed by atoms with E-state index < -0.39 is 5.60 Å². The monoisotopic (exact) mass is 430 g/mol. The van der Waals surface area contributed by atoms with Gasteiger partial charge in [-0.15, -0.1) is 0 Å². The number of ether oxygens (including phenoxy) is 1. The largest absolute Gasteiger partial charge is 0.478 e. The number of hydrogen-bond donors (Lipinski definition) is 0. The van der Waals surface area contributed by atoms with Gasteiger partial charge in [-0.2, -0.15) is 0 Å². The third-order valence-corrected chi connectivity index (χ3v) is 5.44. The highest BCUT2D eigenvalue weighted by Crippen LogP contribution is 2.32. The van der Waals surface area contributed by atoms with Gasteiger partial charge in [-0.3, -0.25) is 4.79 Å². The lowest BCUT2D eigenvalue weighted by Gasteiger charge is -2.34. The van der Waals surface area contributed by atoms with Crippen LogP contribution in [-0.4, -0.2) is 28.1 Å². The van der Waals surface area contributed by atoms with E-state index in [1.54, 1.807) is 43.0 Å². The molecule has 0 bridgehead atoms. The molecule has 1 aromatic heterocycles. The Kier molecular flexibility index (Phi) is 5.28. The molecule has 2 heterocycles. The summed E-state index contributed by atoms with van der Waals surface area (Å²) in [5.41, 5.74) is 1.72. The molecule has 2 aromatic carbocycles. The molecule has 3 aromatic rings. The number of rotatable bonds is 4. The Bertz CT molecular complexity index is 1030. The fourth-order valence-electron chi connectivity index (χ4n) is 3.45. The Morgan fingerprint density at radius 1 is 1.07 bits per heavy atom. The summed E-state index contributed by atoms with van der Waals surface area (Å²) in [5, 5.41) is 5.49. The molecular weight excluding hydrogens is 411 g/mol. The summed E-state index contributed by atoms with van der Waals surface area (Å²) >= 11 is 11.9. The number of amides is 1. The molecular formula is C22H20Cl2N2O3. The minimum atomic E-state index is -1.02. The van der Waals surface area contributed by atoms with Crippen molar-refractivity contribution in [3.8, 4) is 17.1 Å². The van der Waals surface area contributed by atoms with Crippen molar-refractivity contribution in [2.45, 2.75) is 32.4 Å². The molecule has 1 aliphatic rings. The molecule has 0 N–H and O–H groups in total. The molecule has 0 radical (unpaired) electrons. The Labute approximate surface area is 179 Å². The SMILES string of the molecule is CC(C)(Oc1ccc(Cl)cc1)C(=O)N1CCc2c(noc2-c2ccc(Cl)cc2)C1. The second-order valence-corrected chi connectivity index (χ2v) is 8.36. The molecule has 0 spiro atoms. The van der Waals surface area contributed by atoms with Crippen molar-refractivity contribution in [2.24, 2.45) is 0 Å². The zero-order chi connectivity index (χ0) is 20.6. The molecule has 5 nitrogen and oxygen atoms in total. The summed E-state index contributed by atoms with van der Waals surface area (Å²) in [7, 11) is 0. The van der Waals surface area contributed by atoms with Gasteiger partial charge in [0.2, 0.25) is 0 Å². The molecule has 0 atom stereocenters. The van der Waals surface area contributed by atoms with Crippen LogP contribution in [0.25, 0.3) is 11.3 Å². The van der Waals surface area contributed by atoms with Gasteiger partial charge in [-0.1, -0.05) is 28.4 Å². The standard InChI is InChI=1S/C22H20Cl2N2O3/c1-22(2,28-17-9-7-16(24)8-10-17)21(27)26-12-11-18-19(13-26)25-29-20(18)14-3-5-15(23)6-4-14/h3-10H,11-13H2,1-2H3. The minimum absolute atomic E-state index is 0.103. The number of hydrogen-bond acceptors (Lipinski definition) is 4. The van der Waals surface area contributed by atoms with Gasteiger partial charge in [0.15, 0.2) is 11.4 Å². The molecule has 150 valence electrons. The maximum absolute atomic E-state index is 13.1. The van der Waals surface area contributed by atoms with Gasteiger partial charge in [0.1, 0.15) is 11.4 Å². The van der Waals surface area contributed by atoms with Crippen LogP contribution < -0.4 is 4.74 Å². The van der Waals surface area contributed by atoms with Crippen molar-refractivity contribution in [1.82, 2.24) is 10.1 Å². The zero-order valence-corrected chi connectivity index (χ0v) is 17.6. The fourth-order valence-corrected chi connectivity index (χ4v) is 3.71. The van der Waals surface area contributed by atoms with E-state index in [-0.39, 0.29) is 5.91 Å². The highest BCUT2D eigenvalue weighted by atomic mass is 35.5. The van der Waals surface area contributed by atoms with Crippen LogP contribution in [0.15, 0.2) is 53.1 Å². The Morgan fingerprint density at radius 2 is 1.69 bits per heavy atom. The normalized spacial score (nSPS) is 13.9. The van der Waals surface area contributed by atoms with Crippen molar-refractivity contribution < 1.29 is 14.1 Å². The van der Waals surface area contributed by atoms with Gasteiger partial charge in [0, 0.05) is 27.7 Å². The van der Waals surface area contributed by atoms with Crippen LogP contribution in [0.1, 0.15) is 25.1 Å². The number of halogens is 2. The van der Waals surface area contributed by atoms with Crippen LogP contribution in [-0.2, 0) is 17.8 Å². The number of carbonyl (C=O) groups is 1. The lowest BCUT2D eigenvalue weighted by atomic mass is 9.99. The minimum Gasteiger partial charge on any atom is -0.478 e. The summed E-state index contributed by atoms with van der Waals surface area (Å²) in [4.78, 5) is 14.9. The molecule has 4 rings (SSSR count). The van der Waals surface area contributed by atoms with Gasteiger partial charge in [0.05, 0.1) is 6.54 Å². The third-order valence-electron chi connectivity index (χ3n) is 4.94. The average Bonchev–Trinajstić information content (AvgIpc) is 3.13. The van der Waals surface area contributed by atoms with E-state index in [4.69, 9.17) is 32.5 Å². The second-order valence-electron chi connectivity index (χ2n) is 7.49. The maximum atomic E-state index is 13.1. The van der Waals surface area contributed by atoms with Gasteiger partial charge >= 0.3 is 0 Å². The lowest BCUT2D eigenvalue weighted by molar-refractivity contribution is -0.146. The predicted octanol–water partition coefficient (Wildman–Crippen LogP) is 5.39. The van der Waals surface area contributed by atoms with Gasteiger partial charge < -0.3 is 14.2 Å². The van der Waals surface area contributed by atoms with Gasteiger partial charge in [-0.25, -0.2) is 0 Å². The van der Waals surface area contributed by atoms with E-state index in [1.165, 1.54) is 0 Å². The number of benzene rings is 2. The Hall–Kier alpha value is -2.50. The molecule has 0 unspecified atom stereocenters. The van der Waals surface area contributed by atoms with E-state index in [0.717, 1.165) is 22.6 Å². The Balaban J connectivity index is 1.50. The smallest absolute Gasteiger partial charge is 0.266 e. The highest BCUT2D eigenvalue weighted by molar-refractivity contribution is 6.30. The maximum Gasteiger partial charge on any atom is 0.266 e. The quantitative estimate of drug-likeness (QED) is 0.556. The van der Waals surface area contributed by atoms with Gasteiger partial charge in [0.25, 0.3) is 5.91 Å². The summed E-state index contributed by atoms with van der Waals surface area (Å²) in [6.07, 6.45) is 0.666. The van der Waals surface area contributed by atoms with Crippen LogP contribution >= 0.6 is 23.2 Å². The predicted molar refractivity (Wildman–Crippen MR) is 112 cm³/mol. The van der Waals surface area contributed by atoms with Crippen molar-refractivity contribution in [3.05, 3.63) is 69.8 Å². The second kappa shape index (κ2) is 7.73. The van der Waals surface area contributed by atoms with E-state index in [0.29, 0.717) is 35.3 Å². The van der Waals surface area contributed by atoms with E-state index >= 15 is 0 Å². The van der Waals surface area contributed by atoms with Crippen LogP contribution in [0.3, 0.4) is 0 Å². The topological polar surface area (TPSA) is 55.6 Å². The van der Waals surface area contributed by atoms with Crippen LogP contribution in [0.4, 0.5) is 0 Å². The number of fused-ring (bicyclic) bond motifs is 1. The first-order valence-electron chi connectivity index (χ1n) is 9.31. The lowest BCUT2D eigenvalue weighted by Crippen LogP contribution is -2.50. The molecule has 1 amide bonds. The number of carbonyl (C=O) groups excluding carboxylic acids is 1. The first kappa shape index (κ1) is 19.8. The van der Waals surface area contributed by atoms with Crippen LogP contribution in [0.5, 0.6) is 5.75 Å². The molecule has 0 aliphatic carbocycles. The van der Waals surface area contributed by atoms with Crippen molar-refractivity contribution in [3.63, 3.8) is 0 Å². The first-order chi connectivity index (χ1) is 13.8. The fraction of sp³-hybridized carbons (Fsp3) is 0.273. The Morgan fingerprint density at radius 3 is 2.34 bits per heavy atom. The molecule has 0 fully saturated rings. The molecule has 0 saturated carbocycles. The van der Waals surface area contributed by atoms with Crippen molar-refractivity contribution in [2.75, 3.05) is 6.54 Å².